The summed E-state index contributed by atoms with van der Waals surface area (Å²) in [6.45, 7) is 2.42. The number of nitrogens with zero attached hydrogens (tertiary/aromatic N) is 3. The fraction of sp³-hybridized carbons (Fsp3) is 0.533. The normalized spacial score (nSPS) is 21.7. The Kier molecular flexibility index (Phi) is 4.73. The molecule has 0 spiro atoms. The van der Waals surface area contributed by atoms with Gasteiger partial charge in [0, 0.05) is 45.7 Å². The van der Waals surface area contributed by atoms with Crippen molar-refractivity contribution < 1.29 is 14.1 Å². The van der Waals surface area contributed by atoms with Gasteiger partial charge in [-0.15, -0.1) is 0 Å². The lowest BCUT2D eigenvalue weighted by Crippen LogP contribution is -2.32. The third-order valence-electron chi connectivity index (χ3n) is 4.11. The summed E-state index contributed by atoms with van der Waals surface area (Å²) in [7, 11) is 3.23. The van der Waals surface area contributed by atoms with E-state index >= 15 is 0 Å². The van der Waals surface area contributed by atoms with Crippen molar-refractivity contribution in [1.29, 1.82) is 0 Å². The highest BCUT2D eigenvalue weighted by atomic mass is 16.5. The minimum atomic E-state index is -0.203. The Morgan fingerprint density at radius 1 is 1.57 bits per heavy atom. The number of H-pyrrole nitrogens is 1. The molecular formula is C15H21N5O3. The van der Waals surface area contributed by atoms with E-state index in [9.17, 15) is 4.79 Å². The number of carbonyl (C=O) groups is 1. The predicted molar refractivity (Wildman–Crippen MR) is 81.4 cm³/mol. The Morgan fingerprint density at radius 2 is 2.43 bits per heavy atom. The highest BCUT2D eigenvalue weighted by Gasteiger charge is 2.41. The van der Waals surface area contributed by atoms with Crippen molar-refractivity contribution in [3.05, 3.63) is 35.7 Å². The van der Waals surface area contributed by atoms with E-state index in [0.29, 0.717) is 31.4 Å². The summed E-state index contributed by atoms with van der Waals surface area (Å²) < 4.78 is 10.4. The largest absolute Gasteiger partial charge is 0.377 e. The molecule has 0 aliphatic carbocycles. The van der Waals surface area contributed by atoms with Crippen LogP contribution in [0.5, 0.6) is 0 Å². The number of hydrogen-bond donors (Lipinski definition) is 2. The van der Waals surface area contributed by atoms with Crippen molar-refractivity contribution in [2.75, 3.05) is 27.2 Å². The lowest BCUT2D eigenvalue weighted by Gasteiger charge is -2.14. The third kappa shape index (κ3) is 3.43. The van der Waals surface area contributed by atoms with E-state index in [1.165, 1.54) is 0 Å². The van der Waals surface area contributed by atoms with Crippen LogP contribution in [0.3, 0.4) is 0 Å². The zero-order chi connectivity index (χ0) is 16.2. The topological polar surface area (TPSA) is 96.3 Å². The van der Waals surface area contributed by atoms with Gasteiger partial charge in [-0.1, -0.05) is 5.16 Å². The van der Waals surface area contributed by atoms with E-state index in [-0.39, 0.29) is 17.7 Å². The number of methoxy groups -OCH3 is 1. The molecule has 1 saturated heterocycles. The van der Waals surface area contributed by atoms with E-state index < -0.39 is 0 Å². The number of ether oxygens (including phenoxy) is 1. The highest BCUT2D eigenvalue weighted by molar-refractivity contribution is 5.79. The lowest BCUT2D eigenvalue weighted by atomic mass is 9.95. The zero-order valence-corrected chi connectivity index (χ0v) is 13.3. The third-order valence-corrected chi connectivity index (χ3v) is 4.11. The summed E-state index contributed by atoms with van der Waals surface area (Å²) in [5.74, 6) is 0.685. The van der Waals surface area contributed by atoms with Crippen LogP contribution >= 0.6 is 0 Å². The van der Waals surface area contributed by atoms with Crippen molar-refractivity contribution in [3.63, 3.8) is 0 Å². The first-order valence-electron chi connectivity index (χ1n) is 7.59. The Bertz CT molecular complexity index is 639. The van der Waals surface area contributed by atoms with Gasteiger partial charge in [-0.05, 0) is 12.1 Å². The molecule has 124 valence electrons. The predicted octanol–water partition coefficient (Wildman–Crippen LogP) is 0.506. The van der Waals surface area contributed by atoms with Crippen molar-refractivity contribution in [1.82, 2.24) is 25.3 Å². The first-order valence-corrected chi connectivity index (χ1v) is 7.59. The molecule has 2 atom stereocenters. The number of amides is 1. The van der Waals surface area contributed by atoms with Crippen LogP contribution in [0.4, 0.5) is 0 Å². The van der Waals surface area contributed by atoms with Crippen molar-refractivity contribution in [2.45, 2.75) is 19.1 Å². The monoisotopic (exact) mass is 319 g/mol. The molecule has 1 amide bonds. The lowest BCUT2D eigenvalue weighted by molar-refractivity contribution is -0.124. The first-order chi connectivity index (χ1) is 11.2. The molecular weight excluding hydrogens is 298 g/mol. The van der Waals surface area contributed by atoms with Gasteiger partial charge in [0.2, 0.25) is 11.8 Å². The molecule has 2 aromatic rings. The van der Waals surface area contributed by atoms with Crippen molar-refractivity contribution >= 4 is 5.91 Å². The van der Waals surface area contributed by atoms with E-state index in [2.05, 4.69) is 25.3 Å². The van der Waals surface area contributed by atoms with E-state index in [0.717, 1.165) is 12.2 Å². The summed E-state index contributed by atoms with van der Waals surface area (Å²) in [5.41, 5.74) is 1.12. The number of rotatable bonds is 6. The quantitative estimate of drug-likeness (QED) is 0.805. The van der Waals surface area contributed by atoms with Crippen molar-refractivity contribution in [3.8, 4) is 0 Å². The Morgan fingerprint density at radius 3 is 3.13 bits per heavy atom. The van der Waals surface area contributed by atoms with E-state index in [1.807, 2.05) is 18.3 Å². The number of aromatic amines is 1. The molecule has 3 heterocycles. The van der Waals surface area contributed by atoms with Crippen LogP contribution in [0.25, 0.3) is 0 Å². The molecule has 2 aromatic heterocycles. The van der Waals surface area contributed by atoms with Crippen LogP contribution in [0.2, 0.25) is 0 Å². The Balaban J connectivity index is 1.76. The first kappa shape index (κ1) is 15.7. The Labute approximate surface area is 134 Å². The maximum absolute atomic E-state index is 12.2. The summed E-state index contributed by atoms with van der Waals surface area (Å²) in [6, 6.07) is 4.00. The summed E-state index contributed by atoms with van der Waals surface area (Å²) >= 11 is 0. The van der Waals surface area contributed by atoms with Gasteiger partial charge in [0.05, 0.1) is 11.8 Å². The molecule has 0 unspecified atom stereocenters. The highest BCUT2D eigenvalue weighted by Crippen LogP contribution is 2.32. The molecule has 8 nitrogen and oxygen atoms in total. The molecule has 0 aromatic carbocycles. The standard InChI is InChI=1S/C15H21N5O3/c1-16-14(21)11-7-20(6-10-4-3-5-17-10)8-12(11)15-18-13(9-22-2)19-23-15/h3-5,11-12,17H,6-9H2,1-2H3,(H,16,21)/t11-,12-/m1/s1. The molecule has 0 saturated carbocycles. The summed E-state index contributed by atoms with van der Waals surface area (Å²) in [4.78, 5) is 22.0. The second-order valence-corrected chi connectivity index (χ2v) is 5.70. The summed E-state index contributed by atoms with van der Waals surface area (Å²) in [6.07, 6.45) is 1.90. The average Bonchev–Trinajstić information content (AvgIpc) is 3.27. The summed E-state index contributed by atoms with van der Waals surface area (Å²) in [5, 5.41) is 6.63. The number of nitrogens with one attached hydrogen (secondary N) is 2. The Hall–Kier alpha value is -2.19. The van der Waals surface area contributed by atoms with Crippen LogP contribution in [0.1, 0.15) is 23.3 Å². The van der Waals surface area contributed by atoms with Crippen LogP contribution in [0, 0.1) is 5.92 Å². The number of aromatic nitrogens is 3. The maximum atomic E-state index is 12.2. The van der Waals surface area contributed by atoms with Crippen LogP contribution in [-0.4, -0.2) is 53.2 Å². The minimum Gasteiger partial charge on any atom is -0.377 e. The van der Waals surface area contributed by atoms with Gasteiger partial charge in [-0.2, -0.15) is 4.98 Å². The molecule has 0 radical (unpaired) electrons. The molecule has 3 rings (SSSR count). The maximum Gasteiger partial charge on any atom is 0.231 e. The van der Waals surface area contributed by atoms with Gasteiger partial charge in [-0.3, -0.25) is 9.69 Å². The second-order valence-electron chi connectivity index (χ2n) is 5.70. The van der Waals surface area contributed by atoms with Gasteiger partial charge in [0.25, 0.3) is 0 Å². The molecule has 1 aliphatic rings. The molecule has 1 fully saturated rings. The van der Waals surface area contributed by atoms with Crippen LogP contribution in [-0.2, 0) is 22.7 Å². The molecule has 8 heteroatoms. The minimum absolute atomic E-state index is 0.00419. The fourth-order valence-electron chi connectivity index (χ4n) is 3.03. The molecule has 1 aliphatic heterocycles. The SMILES string of the molecule is CNC(=O)[C@@H]1CN(Cc2ccc[nH]2)C[C@H]1c1nc(COC)no1. The van der Waals surface area contributed by atoms with Crippen molar-refractivity contribution in [2.24, 2.45) is 5.92 Å². The number of carbonyl (C=O) groups excluding carboxylic acids is 1. The second kappa shape index (κ2) is 6.93. The number of hydrogen-bond acceptors (Lipinski definition) is 6. The van der Waals surface area contributed by atoms with Crippen LogP contribution < -0.4 is 5.32 Å². The molecule has 2 N–H and O–H groups in total. The zero-order valence-electron chi connectivity index (χ0n) is 13.3. The van der Waals surface area contributed by atoms with Gasteiger partial charge in [-0.25, -0.2) is 0 Å². The van der Waals surface area contributed by atoms with Crippen LogP contribution in [0.15, 0.2) is 22.9 Å². The van der Waals surface area contributed by atoms with Gasteiger partial charge in [0.15, 0.2) is 5.82 Å². The van der Waals surface area contributed by atoms with E-state index in [4.69, 9.17) is 9.26 Å². The van der Waals surface area contributed by atoms with Gasteiger partial charge >= 0.3 is 0 Å². The molecule has 23 heavy (non-hydrogen) atoms. The fourth-order valence-corrected chi connectivity index (χ4v) is 3.03. The number of likely N-dealkylation sites (tertiary alicyclic amines) is 1. The average molecular weight is 319 g/mol. The molecule has 0 bridgehead atoms. The van der Waals surface area contributed by atoms with Gasteiger partial charge in [0.1, 0.15) is 6.61 Å². The van der Waals surface area contributed by atoms with Gasteiger partial charge < -0.3 is 19.6 Å². The van der Waals surface area contributed by atoms with E-state index in [1.54, 1.807) is 14.2 Å². The smallest absolute Gasteiger partial charge is 0.231 e.